The molecule has 0 rings (SSSR count). The van der Waals surface area contributed by atoms with Gasteiger partial charge in [-0.2, -0.15) is 0 Å². The van der Waals surface area contributed by atoms with E-state index in [0.29, 0.717) is 11.7 Å². The van der Waals surface area contributed by atoms with Crippen molar-refractivity contribution in [3.63, 3.8) is 0 Å². The average Bonchev–Trinajstić information content (AvgIpc) is 2.00. The van der Waals surface area contributed by atoms with Crippen molar-refractivity contribution in [1.82, 2.24) is 5.32 Å². The Labute approximate surface area is 93.8 Å². The lowest BCUT2D eigenvalue weighted by Crippen LogP contribution is -2.50. The van der Waals surface area contributed by atoms with Crippen LogP contribution in [0.1, 0.15) is 27.7 Å². The van der Waals surface area contributed by atoms with Gasteiger partial charge in [0.2, 0.25) is 0 Å². The highest BCUT2D eigenvalue weighted by Crippen LogP contribution is 2.11. The highest BCUT2D eigenvalue weighted by atomic mass is 28.3. The zero-order chi connectivity index (χ0) is 11.5. The third-order valence-corrected chi connectivity index (χ3v) is 6.79. The summed E-state index contributed by atoms with van der Waals surface area (Å²) in [6.45, 7) is 16.4. The molecule has 2 atom stereocenters. The van der Waals surface area contributed by atoms with Crippen molar-refractivity contribution in [2.45, 2.75) is 59.0 Å². The summed E-state index contributed by atoms with van der Waals surface area (Å²) < 4.78 is 0. The Morgan fingerprint density at radius 1 is 1.14 bits per heavy atom. The van der Waals surface area contributed by atoms with E-state index >= 15 is 0 Å². The van der Waals surface area contributed by atoms with Crippen molar-refractivity contribution < 1.29 is 0 Å². The maximum absolute atomic E-state index is 3.73. The Kier molecular flexibility index (Phi) is 5.33. The highest BCUT2D eigenvalue weighted by molar-refractivity contribution is 6.77. The lowest BCUT2D eigenvalue weighted by atomic mass is 10.1. The van der Waals surface area contributed by atoms with E-state index in [9.17, 15) is 0 Å². The van der Waals surface area contributed by atoms with Crippen LogP contribution in [0.3, 0.4) is 0 Å². The van der Waals surface area contributed by atoms with Crippen LogP contribution in [0.15, 0.2) is 10.8 Å². The summed E-state index contributed by atoms with van der Waals surface area (Å²) in [5, 5.41) is 5.30. The Morgan fingerprint density at radius 3 is 1.86 bits per heavy atom. The zero-order valence-electron chi connectivity index (χ0n) is 11.2. The predicted molar refractivity (Wildman–Crippen MR) is 73.7 cm³/mol. The molecule has 0 aromatic rings. The van der Waals surface area contributed by atoms with Gasteiger partial charge in [-0.25, -0.2) is 0 Å². The fraction of sp³-hybridized carbons (Fsp3) is 0.818. The molecule has 0 saturated carbocycles. The first kappa shape index (κ1) is 14.1. The molecular weight excluding hydrogens is 202 g/mol. The Balaban J connectivity index is 4.35. The normalized spacial score (nSPS) is 19.1. The van der Waals surface area contributed by atoms with Gasteiger partial charge in [-0.15, -0.1) is 0 Å². The van der Waals surface area contributed by atoms with Crippen LogP contribution in [0.4, 0.5) is 0 Å². The third-order valence-electron chi connectivity index (χ3n) is 3.24. The lowest BCUT2D eigenvalue weighted by molar-refractivity contribution is 0.584. The minimum absolute atomic E-state index is 0.550. The molecule has 0 aliphatic carbocycles. The fourth-order valence-electron chi connectivity index (χ4n) is 1.18. The molecule has 0 aromatic heterocycles. The lowest BCUT2D eigenvalue weighted by Gasteiger charge is -2.30. The van der Waals surface area contributed by atoms with Crippen molar-refractivity contribution in [2.75, 3.05) is 0 Å². The Bertz CT molecular complexity index is 212. The SMILES string of the molecule is CC([SiH3])=C(C)C(C)NC(C)[Si](C)(C)C. The molecule has 2 unspecified atom stereocenters. The number of rotatable bonds is 4. The van der Waals surface area contributed by atoms with Crippen molar-refractivity contribution in [3.8, 4) is 0 Å². The van der Waals surface area contributed by atoms with Gasteiger partial charge in [0, 0.05) is 16.3 Å². The number of hydrogen-bond acceptors (Lipinski definition) is 1. The van der Waals surface area contributed by atoms with Crippen molar-refractivity contribution in [3.05, 3.63) is 10.8 Å². The molecule has 3 heteroatoms. The summed E-state index contributed by atoms with van der Waals surface area (Å²) >= 11 is 0. The van der Waals surface area contributed by atoms with Gasteiger partial charge in [-0.1, -0.05) is 37.3 Å². The standard InChI is InChI=1S/C11H27NSi2/c1-8(10(3)13)9(2)12-11(4)14(5,6)7/h9,11-12H,1-7,13H3. The number of allylic oxidation sites excluding steroid dienone is 1. The second kappa shape index (κ2) is 5.28. The summed E-state index contributed by atoms with van der Waals surface area (Å²) in [4.78, 5) is 0. The third kappa shape index (κ3) is 4.57. The molecule has 14 heavy (non-hydrogen) atoms. The van der Waals surface area contributed by atoms with Gasteiger partial charge in [0.05, 0.1) is 8.07 Å². The van der Waals surface area contributed by atoms with Crippen molar-refractivity contribution >= 4 is 18.3 Å². The Morgan fingerprint density at radius 2 is 1.57 bits per heavy atom. The van der Waals surface area contributed by atoms with Crippen LogP contribution in [0.25, 0.3) is 0 Å². The molecule has 0 bridgehead atoms. The maximum Gasteiger partial charge on any atom is 0.0631 e. The number of hydrogen-bond donors (Lipinski definition) is 1. The van der Waals surface area contributed by atoms with Crippen LogP contribution in [0.5, 0.6) is 0 Å². The Hall–Kier alpha value is 0.134. The van der Waals surface area contributed by atoms with E-state index in [1.54, 1.807) is 10.8 Å². The minimum Gasteiger partial charge on any atom is -0.311 e. The summed E-state index contributed by atoms with van der Waals surface area (Å²) in [7, 11) is 0.165. The van der Waals surface area contributed by atoms with E-state index < -0.39 is 8.07 Å². The van der Waals surface area contributed by atoms with E-state index in [1.165, 1.54) is 10.2 Å². The largest absolute Gasteiger partial charge is 0.311 e. The van der Waals surface area contributed by atoms with Gasteiger partial charge in [-0.05, 0) is 26.4 Å². The van der Waals surface area contributed by atoms with Crippen molar-refractivity contribution in [1.29, 1.82) is 0 Å². The van der Waals surface area contributed by atoms with Crippen LogP contribution in [0, 0.1) is 0 Å². The van der Waals surface area contributed by atoms with Crippen LogP contribution in [-0.2, 0) is 0 Å². The molecule has 0 fully saturated rings. The molecule has 0 spiro atoms. The van der Waals surface area contributed by atoms with Crippen LogP contribution >= 0.6 is 0 Å². The second-order valence-electron chi connectivity index (χ2n) is 5.66. The fourth-order valence-corrected chi connectivity index (χ4v) is 2.37. The van der Waals surface area contributed by atoms with Crippen LogP contribution in [0.2, 0.25) is 19.6 Å². The van der Waals surface area contributed by atoms with Gasteiger partial charge in [-0.3, -0.25) is 0 Å². The first-order valence-electron chi connectivity index (χ1n) is 5.56. The molecule has 0 heterocycles. The highest BCUT2D eigenvalue weighted by Gasteiger charge is 2.23. The molecule has 0 aliphatic heterocycles. The van der Waals surface area contributed by atoms with Crippen LogP contribution < -0.4 is 5.32 Å². The zero-order valence-corrected chi connectivity index (χ0v) is 14.2. The van der Waals surface area contributed by atoms with Gasteiger partial charge in [0.15, 0.2) is 0 Å². The van der Waals surface area contributed by atoms with Crippen molar-refractivity contribution in [2.24, 2.45) is 0 Å². The minimum atomic E-state index is -1.03. The summed E-state index contributed by atoms with van der Waals surface area (Å²) in [6, 6.07) is 0.550. The maximum atomic E-state index is 3.73. The van der Waals surface area contributed by atoms with Gasteiger partial charge in [0.25, 0.3) is 0 Å². The van der Waals surface area contributed by atoms with Gasteiger partial charge in [0.1, 0.15) is 0 Å². The molecule has 0 aliphatic rings. The summed E-state index contributed by atoms with van der Waals surface area (Å²) in [5.74, 6) is 0. The van der Waals surface area contributed by atoms with Gasteiger partial charge >= 0.3 is 0 Å². The molecular formula is C11H27NSi2. The molecule has 1 nitrogen and oxygen atoms in total. The van der Waals surface area contributed by atoms with E-state index in [1.807, 2.05) is 0 Å². The molecule has 0 saturated heterocycles. The van der Waals surface area contributed by atoms with E-state index in [0.717, 1.165) is 0 Å². The number of nitrogens with one attached hydrogen (secondary N) is 1. The smallest absolute Gasteiger partial charge is 0.0631 e. The first-order chi connectivity index (χ1) is 6.16. The summed E-state index contributed by atoms with van der Waals surface area (Å²) in [5.41, 5.74) is 2.23. The first-order valence-corrected chi connectivity index (χ1v) is 10.1. The molecule has 1 N–H and O–H groups in total. The topological polar surface area (TPSA) is 12.0 Å². The van der Waals surface area contributed by atoms with E-state index in [4.69, 9.17) is 0 Å². The predicted octanol–water partition coefficient (Wildman–Crippen LogP) is 1.89. The molecule has 0 radical (unpaired) electrons. The van der Waals surface area contributed by atoms with Gasteiger partial charge < -0.3 is 5.32 Å². The second-order valence-corrected chi connectivity index (χ2v) is 12.8. The molecule has 0 amide bonds. The summed E-state index contributed by atoms with van der Waals surface area (Å²) in [6.07, 6.45) is 0. The van der Waals surface area contributed by atoms with E-state index in [2.05, 4.69) is 52.7 Å². The van der Waals surface area contributed by atoms with Crippen LogP contribution in [-0.4, -0.2) is 30.0 Å². The average molecular weight is 230 g/mol. The molecule has 0 aromatic carbocycles. The monoisotopic (exact) mass is 229 g/mol. The molecule has 84 valence electrons. The quantitative estimate of drug-likeness (QED) is 0.726. The van der Waals surface area contributed by atoms with E-state index in [-0.39, 0.29) is 0 Å².